The van der Waals surface area contributed by atoms with E-state index in [0.29, 0.717) is 54.5 Å². The van der Waals surface area contributed by atoms with Gasteiger partial charge in [-0.15, -0.1) is 0 Å². The SMILES string of the molecule is CC(C)(O)c1cnc2n1Cc1c(cc(Cl)c3c1C=NC3)C[C@H]2NC(=O)c1ccc2c(c1)CC1(C2)C(=O)Nc2ccccc21. The van der Waals surface area contributed by atoms with Gasteiger partial charge in [0, 0.05) is 40.0 Å². The Bertz CT molecular complexity index is 1920. The Morgan fingerprint density at radius 3 is 2.77 bits per heavy atom. The van der Waals surface area contributed by atoms with Crippen LogP contribution in [0.4, 0.5) is 5.69 Å². The summed E-state index contributed by atoms with van der Waals surface area (Å²) in [5, 5.41) is 18.0. The molecule has 216 valence electrons. The number of carbonyl (C=O) groups is 2. The zero-order chi connectivity index (χ0) is 29.7. The molecule has 0 saturated heterocycles. The first kappa shape index (κ1) is 26.4. The molecule has 3 aromatic carbocycles. The van der Waals surface area contributed by atoms with Crippen LogP contribution in [0.15, 0.2) is 59.7 Å². The number of aromatic nitrogens is 2. The third-order valence-electron chi connectivity index (χ3n) is 9.55. The lowest BCUT2D eigenvalue weighted by Crippen LogP contribution is -2.35. The van der Waals surface area contributed by atoms with Gasteiger partial charge in [0.2, 0.25) is 5.91 Å². The van der Waals surface area contributed by atoms with Crippen LogP contribution in [0.5, 0.6) is 0 Å². The monoisotopic (exact) mass is 591 g/mol. The number of carbonyl (C=O) groups excluding carboxylic acids is 2. The topological polar surface area (TPSA) is 109 Å². The van der Waals surface area contributed by atoms with Crippen molar-refractivity contribution in [2.75, 3.05) is 5.32 Å². The molecule has 1 unspecified atom stereocenters. The number of nitrogens with zero attached hydrogens (tertiary/aromatic N) is 3. The summed E-state index contributed by atoms with van der Waals surface area (Å²) in [7, 11) is 0. The van der Waals surface area contributed by atoms with Gasteiger partial charge >= 0.3 is 0 Å². The average Bonchev–Trinajstić information content (AvgIpc) is 3.74. The molecule has 0 radical (unpaired) electrons. The van der Waals surface area contributed by atoms with Crippen LogP contribution in [0.3, 0.4) is 0 Å². The smallest absolute Gasteiger partial charge is 0.251 e. The maximum Gasteiger partial charge on any atom is 0.251 e. The van der Waals surface area contributed by atoms with Crippen LogP contribution in [0.1, 0.15) is 80.7 Å². The fourth-order valence-electron chi connectivity index (χ4n) is 7.42. The Morgan fingerprint density at radius 1 is 1.12 bits per heavy atom. The van der Waals surface area contributed by atoms with Crippen LogP contribution in [-0.4, -0.2) is 32.7 Å². The first-order valence-electron chi connectivity index (χ1n) is 14.6. The summed E-state index contributed by atoms with van der Waals surface area (Å²) in [5.41, 5.74) is 7.54. The van der Waals surface area contributed by atoms with Crippen molar-refractivity contribution in [1.82, 2.24) is 14.9 Å². The summed E-state index contributed by atoms with van der Waals surface area (Å²) >= 11 is 6.69. The largest absolute Gasteiger partial charge is 0.384 e. The van der Waals surface area contributed by atoms with Crippen LogP contribution in [0.25, 0.3) is 0 Å². The van der Waals surface area contributed by atoms with E-state index in [1.165, 1.54) is 0 Å². The Balaban J connectivity index is 1.14. The van der Waals surface area contributed by atoms with Crippen LogP contribution >= 0.6 is 11.6 Å². The molecule has 1 aromatic heterocycles. The summed E-state index contributed by atoms with van der Waals surface area (Å²) in [5.74, 6) is 0.472. The molecule has 8 rings (SSSR count). The van der Waals surface area contributed by atoms with Gasteiger partial charge < -0.3 is 20.3 Å². The maximum absolute atomic E-state index is 13.9. The first-order valence-corrected chi connectivity index (χ1v) is 14.9. The van der Waals surface area contributed by atoms with Gasteiger partial charge in [-0.3, -0.25) is 14.6 Å². The molecule has 4 heterocycles. The Hall–Kier alpha value is -4.27. The molecule has 43 heavy (non-hydrogen) atoms. The Labute approximate surface area is 253 Å². The Morgan fingerprint density at radius 2 is 1.93 bits per heavy atom. The third kappa shape index (κ3) is 3.93. The van der Waals surface area contributed by atoms with Crippen LogP contribution in [0, 0.1) is 0 Å². The van der Waals surface area contributed by atoms with E-state index in [2.05, 4.69) is 15.6 Å². The molecule has 3 aliphatic heterocycles. The highest BCUT2D eigenvalue weighted by Gasteiger charge is 2.50. The van der Waals surface area contributed by atoms with E-state index >= 15 is 0 Å². The molecule has 9 heteroatoms. The average molecular weight is 592 g/mol. The van der Waals surface area contributed by atoms with Crippen molar-refractivity contribution >= 4 is 35.3 Å². The van der Waals surface area contributed by atoms with E-state index in [1.54, 1.807) is 20.0 Å². The number of fused-ring (bicyclic) bond motifs is 7. The predicted molar refractivity (Wildman–Crippen MR) is 164 cm³/mol. The van der Waals surface area contributed by atoms with Gasteiger partial charge in [-0.25, -0.2) is 4.98 Å². The molecule has 2 atom stereocenters. The minimum atomic E-state index is -1.13. The standard InChI is InChI=1S/C34H30ClN5O3/c1-33(2,43)29-16-37-30-28(11-20-10-26(35)23-15-36-14-22(23)24(20)17-40(29)30)38-31(41)18-7-8-19-12-34(13-21(19)9-18)25-5-3-4-6-27(25)39-32(34)42/h3-10,14,16,28,43H,11-13,15,17H2,1-2H3,(H,38,41)(H,39,42)/t28-,34?/m1/s1. The second-order valence-electron chi connectivity index (χ2n) is 12.7. The summed E-state index contributed by atoms with van der Waals surface area (Å²) in [6.45, 7) is 4.52. The van der Waals surface area contributed by atoms with E-state index in [0.717, 1.165) is 44.6 Å². The molecule has 0 fully saturated rings. The number of hydrogen-bond acceptors (Lipinski definition) is 5. The van der Waals surface area contributed by atoms with Gasteiger partial charge in [0.25, 0.3) is 5.91 Å². The number of halogens is 1. The van der Waals surface area contributed by atoms with E-state index in [1.807, 2.05) is 59.3 Å². The normalized spacial score (nSPS) is 21.1. The van der Waals surface area contributed by atoms with E-state index in [4.69, 9.17) is 16.6 Å². The van der Waals surface area contributed by atoms with Crippen molar-refractivity contribution in [3.8, 4) is 0 Å². The van der Waals surface area contributed by atoms with Crippen molar-refractivity contribution in [2.24, 2.45) is 4.99 Å². The number of imidazole rings is 1. The molecule has 0 bridgehead atoms. The highest BCUT2D eigenvalue weighted by atomic mass is 35.5. The highest BCUT2D eigenvalue weighted by molar-refractivity contribution is 6.32. The second-order valence-corrected chi connectivity index (χ2v) is 13.1. The maximum atomic E-state index is 13.9. The van der Waals surface area contributed by atoms with E-state index in [-0.39, 0.29) is 11.8 Å². The number of benzene rings is 3. The minimum absolute atomic E-state index is 0.0117. The van der Waals surface area contributed by atoms with E-state index in [9.17, 15) is 14.7 Å². The van der Waals surface area contributed by atoms with Gasteiger partial charge in [0.15, 0.2) is 0 Å². The molecule has 1 spiro atoms. The third-order valence-corrected chi connectivity index (χ3v) is 9.88. The molecular weight excluding hydrogens is 562 g/mol. The van der Waals surface area contributed by atoms with Crippen LogP contribution in [0.2, 0.25) is 5.02 Å². The molecule has 8 nitrogen and oxygen atoms in total. The summed E-state index contributed by atoms with van der Waals surface area (Å²) in [6, 6.07) is 15.1. The highest BCUT2D eigenvalue weighted by Crippen LogP contribution is 2.47. The lowest BCUT2D eigenvalue weighted by molar-refractivity contribution is -0.120. The molecular formula is C34H30ClN5O3. The predicted octanol–water partition coefficient (Wildman–Crippen LogP) is 4.76. The van der Waals surface area contributed by atoms with Gasteiger partial charge in [0.05, 0.1) is 36.4 Å². The zero-order valence-corrected chi connectivity index (χ0v) is 24.6. The van der Waals surface area contributed by atoms with Crippen LogP contribution in [-0.2, 0) is 48.2 Å². The van der Waals surface area contributed by atoms with Crippen molar-refractivity contribution in [3.63, 3.8) is 0 Å². The zero-order valence-electron chi connectivity index (χ0n) is 23.9. The summed E-state index contributed by atoms with van der Waals surface area (Å²) in [6.07, 6.45) is 5.23. The number of amides is 2. The molecule has 0 saturated carbocycles. The second kappa shape index (κ2) is 9.11. The number of rotatable bonds is 3. The summed E-state index contributed by atoms with van der Waals surface area (Å²) < 4.78 is 2.01. The number of hydrogen-bond donors (Lipinski definition) is 3. The number of anilines is 1. The van der Waals surface area contributed by atoms with Gasteiger partial charge in [0.1, 0.15) is 11.4 Å². The number of aliphatic imine (C=N–C) groups is 1. The van der Waals surface area contributed by atoms with Crippen LogP contribution < -0.4 is 10.6 Å². The molecule has 3 N–H and O–H groups in total. The lowest BCUT2D eigenvalue weighted by Gasteiger charge is -2.22. The minimum Gasteiger partial charge on any atom is -0.384 e. The van der Waals surface area contributed by atoms with Gasteiger partial charge in [-0.05, 0) is 78.8 Å². The number of aliphatic hydroxyl groups is 1. The fourth-order valence-corrected chi connectivity index (χ4v) is 7.71. The number of para-hydroxylation sites is 1. The molecule has 1 aliphatic carbocycles. The fraction of sp³-hybridized carbons (Fsp3) is 0.294. The molecule has 4 aromatic rings. The van der Waals surface area contributed by atoms with Crippen molar-refractivity contribution in [3.05, 3.63) is 116 Å². The number of nitrogens with one attached hydrogen (secondary N) is 2. The molecule has 4 aliphatic rings. The van der Waals surface area contributed by atoms with Crippen molar-refractivity contribution < 1.29 is 14.7 Å². The first-order chi connectivity index (χ1) is 20.6. The molecule has 2 amide bonds. The lowest BCUT2D eigenvalue weighted by atomic mass is 9.79. The van der Waals surface area contributed by atoms with Gasteiger partial charge in [-0.2, -0.15) is 0 Å². The van der Waals surface area contributed by atoms with Gasteiger partial charge in [-0.1, -0.05) is 35.9 Å². The van der Waals surface area contributed by atoms with E-state index < -0.39 is 17.1 Å². The van der Waals surface area contributed by atoms with Crippen molar-refractivity contribution in [2.45, 2.75) is 63.3 Å². The Kier molecular flexibility index (Phi) is 5.59. The van der Waals surface area contributed by atoms with Crippen molar-refractivity contribution in [1.29, 1.82) is 0 Å². The quantitative estimate of drug-likeness (QED) is 0.319. The summed E-state index contributed by atoms with van der Waals surface area (Å²) in [4.78, 5) is 36.2.